The molecule has 0 bridgehead atoms. The van der Waals surface area contributed by atoms with Crippen molar-refractivity contribution in [1.82, 2.24) is 20.2 Å². The van der Waals surface area contributed by atoms with Gasteiger partial charge in [0.25, 0.3) is 0 Å². The van der Waals surface area contributed by atoms with E-state index in [1.807, 2.05) is 0 Å². The first-order valence-electron chi connectivity index (χ1n) is 7.42. The average molecular weight is 361 g/mol. The van der Waals surface area contributed by atoms with Gasteiger partial charge >= 0.3 is 11.7 Å². The smallest absolute Gasteiger partial charge is 0.411 e. The molecule has 10 heteroatoms. The molecule has 0 radical (unpaired) electrons. The van der Waals surface area contributed by atoms with E-state index in [-0.39, 0.29) is 6.61 Å². The number of amides is 1. The molecule has 2 aromatic heterocycles. The monoisotopic (exact) mass is 361 g/mol. The highest BCUT2D eigenvalue weighted by Crippen LogP contribution is 2.26. The van der Waals surface area contributed by atoms with Gasteiger partial charge in [0.15, 0.2) is 0 Å². The Kier molecular flexibility index (Phi) is 4.98. The molecule has 9 nitrogen and oxygen atoms in total. The van der Waals surface area contributed by atoms with E-state index in [1.54, 1.807) is 36.9 Å². The van der Waals surface area contributed by atoms with Crippen LogP contribution in [0.15, 0.2) is 38.6 Å². The van der Waals surface area contributed by atoms with Crippen LogP contribution in [0.25, 0.3) is 11.0 Å². The molecule has 0 saturated carbocycles. The normalized spacial score (nSPS) is 10.8. The lowest BCUT2D eigenvalue weighted by Gasteiger charge is -2.08. The Labute approximate surface area is 146 Å². The van der Waals surface area contributed by atoms with Crippen molar-refractivity contribution in [3.8, 4) is 0 Å². The lowest BCUT2D eigenvalue weighted by atomic mass is 10.1. The van der Waals surface area contributed by atoms with Gasteiger partial charge in [0.2, 0.25) is 5.16 Å². The van der Waals surface area contributed by atoms with E-state index in [1.165, 1.54) is 17.8 Å². The number of ether oxygens (including phenoxy) is 1. The van der Waals surface area contributed by atoms with E-state index in [4.69, 9.17) is 9.15 Å². The fourth-order valence-corrected chi connectivity index (χ4v) is 3.04. The topological polar surface area (TPSA) is 112 Å². The van der Waals surface area contributed by atoms with E-state index >= 15 is 0 Å². The largest absolute Gasteiger partial charge is 0.450 e. The number of nitrogens with one attached hydrogen (secondary N) is 1. The molecule has 0 aliphatic carbocycles. The molecule has 25 heavy (non-hydrogen) atoms. The minimum atomic E-state index is -0.564. The van der Waals surface area contributed by atoms with Crippen LogP contribution in [0.1, 0.15) is 12.5 Å². The summed E-state index contributed by atoms with van der Waals surface area (Å²) in [5.74, 6) is 0.501. The maximum absolute atomic E-state index is 11.8. The van der Waals surface area contributed by atoms with E-state index in [9.17, 15) is 9.59 Å². The lowest BCUT2D eigenvalue weighted by Crippen LogP contribution is -2.13. The number of aromatic nitrogens is 4. The first-order chi connectivity index (χ1) is 12.1. The van der Waals surface area contributed by atoms with Crippen LogP contribution in [-0.4, -0.2) is 32.9 Å². The number of benzene rings is 1. The van der Waals surface area contributed by atoms with Gasteiger partial charge in [-0.25, -0.2) is 14.3 Å². The fraction of sp³-hybridized carbons (Fsp3) is 0.267. The average Bonchev–Trinajstić information content (AvgIpc) is 2.97. The van der Waals surface area contributed by atoms with Crippen molar-refractivity contribution in [3.05, 3.63) is 40.2 Å². The van der Waals surface area contributed by atoms with E-state index in [0.29, 0.717) is 22.2 Å². The third kappa shape index (κ3) is 3.97. The molecule has 2 heterocycles. The number of aryl methyl sites for hydroxylation is 1. The molecule has 0 atom stereocenters. The lowest BCUT2D eigenvalue weighted by molar-refractivity contribution is 0.168. The van der Waals surface area contributed by atoms with Crippen LogP contribution in [0.3, 0.4) is 0 Å². The van der Waals surface area contributed by atoms with Crippen molar-refractivity contribution in [2.24, 2.45) is 7.05 Å². The van der Waals surface area contributed by atoms with Gasteiger partial charge in [0.1, 0.15) is 5.58 Å². The van der Waals surface area contributed by atoms with Gasteiger partial charge in [-0.05, 0) is 35.0 Å². The molecule has 0 saturated heterocycles. The summed E-state index contributed by atoms with van der Waals surface area (Å²) in [6.07, 6.45) is -0.564. The predicted octanol–water partition coefficient (Wildman–Crippen LogP) is 2.18. The molecular formula is C15H15N5O4S. The number of carbonyl (C=O) groups is 1. The van der Waals surface area contributed by atoms with E-state index < -0.39 is 11.7 Å². The van der Waals surface area contributed by atoms with Gasteiger partial charge in [-0.2, -0.15) is 0 Å². The Morgan fingerprint density at radius 3 is 2.96 bits per heavy atom. The van der Waals surface area contributed by atoms with Crippen molar-refractivity contribution in [1.29, 1.82) is 0 Å². The van der Waals surface area contributed by atoms with Crippen LogP contribution in [0.4, 0.5) is 10.5 Å². The number of hydrogen-bond acceptors (Lipinski definition) is 8. The highest BCUT2D eigenvalue weighted by Gasteiger charge is 2.11. The zero-order valence-electron chi connectivity index (χ0n) is 13.6. The Balaban J connectivity index is 1.87. The highest BCUT2D eigenvalue weighted by atomic mass is 32.2. The minimum Gasteiger partial charge on any atom is -0.450 e. The number of carbonyl (C=O) groups excluding carboxylic acids is 1. The summed E-state index contributed by atoms with van der Waals surface area (Å²) in [6.45, 7) is 1.99. The van der Waals surface area contributed by atoms with E-state index in [2.05, 4.69) is 20.8 Å². The minimum absolute atomic E-state index is 0.271. The third-order valence-electron chi connectivity index (χ3n) is 3.29. The number of hydrogen-bond donors (Lipinski definition) is 1. The summed E-state index contributed by atoms with van der Waals surface area (Å²) in [6, 6.07) is 6.53. The molecular weight excluding hydrogens is 346 g/mol. The summed E-state index contributed by atoms with van der Waals surface area (Å²) >= 11 is 1.41. The summed E-state index contributed by atoms with van der Waals surface area (Å²) in [7, 11) is 1.74. The number of anilines is 1. The first-order valence-corrected chi connectivity index (χ1v) is 8.41. The maximum Gasteiger partial charge on any atom is 0.411 e. The summed E-state index contributed by atoms with van der Waals surface area (Å²) in [5.41, 5.74) is 1.19. The summed E-state index contributed by atoms with van der Waals surface area (Å²) < 4.78 is 11.6. The number of rotatable bonds is 5. The van der Waals surface area contributed by atoms with Gasteiger partial charge in [0.05, 0.1) is 6.61 Å². The second-order valence-corrected chi connectivity index (χ2v) is 5.96. The van der Waals surface area contributed by atoms with Crippen molar-refractivity contribution < 1.29 is 13.9 Å². The molecule has 0 spiro atoms. The van der Waals surface area contributed by atoms with Crippen LogP contribution in [0.2, 0.25) is 0 Å². The van der Waals surface area contributed by atoms with Gasteiger partial charge in [-0.3, -0.25) is 5.32 Å². The predicted molar refractivity (Wildman–Crippen MR) is 91.5 cm³/mol. The molecule has 1 aromatic carbocycles. The number of nitrogens with zero attached hydrogens (tertiary/aromatic N) is 4. The van der Waals surface area contributed by atoms with Crippen LogP contribution >= 0.6 is 11.8 Å². The molecule has 1 amide bonds. The van der Waals surface area contributed by atoms with Crippen LogP contribution in [-0.2, 0) is 17.5 Å². The van der Waals surface area contributed by atoms with Gasteiger partial charge in [-0.1, -0.05) is 11.8 Å². The number of tetrazole rings is 1. The third-order valence-corrected chi connectivity index (χ3v) is 4.35. The fourth-order valence-electron chi connectivity index (χ4n) is 2.20. The van der Waals surface area contributed by atoms with Crippen LogP contribution < -0.4 is 10.9 Å². The quantitative estimate of drug-likeness (QED) is 0.543. The molecule has 130 valence electrons. The molecule has 3 rings (SSSR count). The zero-order valence-corrected chi connectivity index (χ0v) is 14.4. The highest BCUT2D eigenvalue weighted by molar-refractivity contribution is 7.98. The van der Waals surface area contributed by atoms with Crippen molar-refractivity contribution in [2.45, 2.75) is 17.8 Å². The molecule has 0 fully saturated rings. The van der Waals surface area contributed by atoms with E-state index in [0.717, 1.165) is 10.9 Å². The SMILES string of the molecule is CCOC(=O)Nc1ccc2c(CSc3nnnn3C)cc(=O)oc2c1. The molecule has 3 aromatic rings. The first kappa shape index (κ1) is 17.0. The van der Waals surface area contributed by atoms with Crippen LogP contribution in [0.5, 0.6) is 0 Å². The molecule has 1 N–H and O–H groups in total. The number of fused-ring (bicyclic) bond motifs is 1. The van der Waals surface area contributed by atoms with Gasteiger partial charge in [0, 0.05) is 36.0 Å². The second-order valence-electron chi connectivity index (χ2n) is 5.02. The van der Waals surface area contributed by atoms with Crippen molar-refractivity contribution >= 4 is 34.5 Å². The maximum atomic E-state index is 11.8. The van der Waals surface area contributed by atoms with Gasteiger partial charge < -0.3 is 9.15 Å². The molecule has 0 unspecified atom stereocenters. The Hall–Kier alpha value is -2.88. The Bertz CT molecular complexity index is 968. The second kappa shape index (κ2) is 7.34. The van der Waals surface area contributed by atoms with Gasteiger partial charge in [-0.15, -0.1) is 5.10 Å². The van der Waals surface area contributed by atoms with Crippen molar-refractivity contribution in [3.63, 3.8) is 0 Å². The Morgan fingerprint density at radius 2 is 2.24 bits per heavy atom. The summed E-state index contributed by atoms with van der Waals surface area (Å²) in [5, 5.41) is 15.2. The number of thioether (sulfide) groups is 1. The van der Waals surface area contributed by atoms with Crippen molar-refractivity contribution in [2.75, 3.05) is 11.9 Å². The Morgan fingerprint density at radius 1 is 1.40 bits per heavy atom. The molecule has 0 aliphatic heterocycles. The standard InChI is InChI=1S/C15H15N5O4S/c1-3-23-15(22)16-10-4-5-11-9(6-13(21)24-12(11)7-10)8-25-14-17-18-19-20(14)2/h4-7H,3,8H2,1-2H3,(H,16,22). The molecule has 0 aliphatic rings. The zero-order chi connectivity index (χ0) is 17.8. The van der Waals surface area contributed by atoms with Crippen LogP contribution in [0, 0.1) is 0 Å². The summed E-state index contributed by atoms with van der Waals surface area (Å²) in [4.78, 5) is 23.3.